The average Bonchev–Trinajstić information content (AvgIpc) is 2.27. The van der Waals surface area contributed by atoms with E-state index in [1.54, 1.807) is 0 Å². The van der Waals surface area contributed by atoms with Gasteiger partial charge in [0.15, 0.2) is 18.4 Å². The quantitative estimate of drug-likeness (QED) is 0.674. The number of hydrogen-bond donors (Lipinski definition) is 0. The lowest BCUT2D eigenvalue weighted by atomic mass is 10.1. The van der Waals surface area contributed by atoms with Gasteiger partial charge in [0.05, 0.1) is 0 Å². The van der Waals surface area contributed by atoms with E-state index in [2.05, 4.69) is 67.9 Å². The number of rotatable bonds is 2. The van der Waals surface area contributed by atoms with Crippen molar-refractivity contribution in [3.63, 3.8) is 0 Å². The van der Waals surface area contributed by atoms with Crippen molar-refractivity contribution in [2.45, 2.75) is 27.3 Å². The van der Waals surface area contributed by atoms with Gasteiger partial charge in [0, 0.05) is 24.6 Å². The molecule has 2 rings (SSSR count). The number of hydrogen-bond acceptors (Lipinski definition) is 0. The zero-order valence-corrected chi connectivity index (χ0v) is 10.2. The van der Waals surface area contributed by atoms with Crippen LogP contribution in [-0.4, -0.2) is 0 Å². The second-order valence-corrected chi connectivity index (χ2v) is 4.40. The van der Waals surface area contributed by atoms with Crippen LogP contribution in [0.2, 0.25) is 0 Å². The molecule has 0 unspecified atom stereocenters. The zero-order chi connectivity index (χ0) is 11.5. The highest BCUT2D eigenvalue weighted by Crippen LogP contribution is 2.10. The molecule has 0 N–H and O–H groups in total. The molecule has 0 spiro atoms. The van der Waals surface area contributed by atoms with Crippen molar-refractivity contribution in [1.29, 1.82) is 0 Å². The van der Waals surface area contributed by atoms with Crippen LogP contribution < -0.4 is 4.57 Å². The second-order valence-electron chi connectivity index (χ2n) is 4.40. The largest absolute Gasteiger partial charge is 0.198 e. The molecule has 0 aliphatic heterocycles. The van der Waals surface area contributed by atoms with Crippen molar-refractivity contribution in [2.24, 2.45) is 0 Å². The van der Waals surface area contributed by atoms with Crippen LogP contribution in [0, 0.1) is 20.8 Å². The molecule has 1 aromatic carbocycles. The minimum Gasteiger partial charge on any atom is -0.198 e. The molecule has 16 heavy (non-hydrogen) atoms. The summed E-state index contributed by atoms with van der Waals surface area (Å²) in [4.78, 5) is 0. The number of nitrogens with zero attached hydrogens (tertiary/aromatic N) is 1. The first-order valence-electron chi connectivity index (χ1n) is 5.68. The van der Waals surface area contributed by atoms with E-state index < -0.39 is 0 Å². The van der Waals surface area contributed by atoms with E-state index in [1.165, 1.54) is 22.4 Å². The van der Waals surface area contributed by atoms with Crippen molar-refractivity contribution in [3.8, 4) is 0 Å². The lowest BCUT2D eigenvalue weighted by Crippen LogP contribution is -2.37. The highest BCUT2D eigenvalue weighted by atomic mass is 14.9. The number of pyridine rings is 1. The lowest BCUT2D eigenvalue weighted by molar-refractivity contribution is -0.694. The molecule has 0 fully saturated rings. The van der Waals surface area contributed by atoms with Crippen LogP contribution >= 0.6 is 0 Å². The Kier molecular flexibility index (Phi) is 3.04. The molecule has 0 amide bonds. The standard InChI is InChI=1S/C15H18N/c1-12-7-8-13(2)15(10-12)11-16-9-5-4-6-14(16)3/h4-10H,11H2,1-3H3/q+1. The molecule has 0 aliphatic rings. The highest BCUT2D eigenvalue weighted by Gasteiger charge is 2.08. The Bertz CT molecular complexity index is 501. The lowest BCUT2D eigenvalue weighted by Gasteiger charge is -2.05. The van der Waals surface area contributed by atoms with E-state index in [4.69, 9.17) is 0 Å². The minimum absolute atomic E-state index is 0.959. The van der Waals surface area contributed by atoms with Gasteiger partial charge in [-0.25, -0.2) is 0 Å². The molecular weight excluding hydrogens is 194 g/mol. The van der Waals surface area contributed by atoms with Gasteiger partial charge in [0.25, 0.3) is 0 Å². The maximum absolute atomic E-state index is 2.28. The minimum atomic E-state index is 0.959. The summed E-state index contributed by atoms with van der Waals surface area (Å²) in [7, 11) is 0. The summed E-state index contributed by atoms with van der Waals surface area (Å²) < 4.78 is 2.28. The van der Waals surface area contributed by atoms with Crippen LogP contribution in [-0.2, 0) is 6.54 Å². The van der Waals surface area contributed by atoms with E-state index in [9.17, 15) is 0 Å². The van der Waals surface area contributed by atoms with Gasteiger partial charge in [-0.3, -0.25) is 0 Å². The first-order chi connectivity index (χ1) is 7.66. The number of benzene rings is 1. The first kappa shape index (κ1) is 10.9. The molecule has 0 saturated carbocycles. The van der Waals surface area contributed by atoms with Gasteiger partial charge in [-0.05, 0) is 25.5 Å². The van der Waals surface area contributed by atoms with E-state index in [1.807, 2.05) is 0 Å². The zero-order valence-electron chi connectivity index (χ0n) is 10.2. The average molecular weight is 212 g/mol. The van der Waals surface area contributed by atoms with Gasteiger partial charge in [-0.1, -0.05) is 23.8 Å². The first-order valence-corrected chi connectivity index (χ1v) is 5.68. The maximum Gasteiger partial charge on any atom is 0.178 e. The highest BCUT2D eigenvalue weighted by molar-refractivity contribution is 5.29. The Balaban J connectivity index is 2.34. The normalized spacial score (nSPS) is 10.4. The maximum atomic E-state index is 2.28. The van der Waals surface area contributed by atoms with Gasteiger partial charge >= 0.3 is 0 Å². The van der Waals surface area contributed by atoms with E-state index >= 15 is 0 Å². The predicted molar refractivity (Wildman–Crippen MR) is 66.4 cm³/mol. The van der Waals surface area contributed by atoms with Crippen molar-refractivity contribution in [2.75, 3.05) is 0 Å². The SMILES string of the molecule is Cc1ccc(C)c(C[n+]2ccccc2C)c1. The summed E-state index contributed by atoms with van der Waals surface area (Å²) in [5.41, 5.74) is 5.39. The van der Waals surface area contributed by atoms with Crippen molar-refractivity contribution in [1.82, 2.24) is 0 Å². The molecule has 82 valence electrons. The van der Waals surface area contributed by atoms with E-state index in [0.29, 0.717) is 0 Å². The van der Waals surface area contributed by atoms with Crippen LogP contribution in [0.1, 0.15) is 22.4 Å². The summed E-state index contributed by atoms with van der Waals surface area (Å²) >= 11 is 0. The van der Waals surface area contributed by atoms with E-state index in [-0.39, 0.29) is 0 Å². The van der Waals surface area contributed by atoms with Crippen LogP contribution in [0.25, 0.3) is 0 Å². The molecule has 1 aromatic heterocycles. The van der Waals surface area contributed by atoms with Crippen LogP contribution in [0.4, 0.5) is 0 Å². The topological polar surface area (TPSA) is 3.88 Å². The molecule has 0 aliphatic carbocycles. The summed E-state index contributed by atoms with van der Waals surface area (Å²) in [5, 5.41) is 0. The molecule has 1 nitrogen and oxygen atoms in total. The fraction of sp³-hybridized carbons (Fsp3) is 0.267. The predicted octanol–water partition coefficient (Wildman–Crippen LogP) is 2.95. The van der Waals surface area contributed by atoms with Crippen LogP contribution in [0.15, 0.2) is 42.6 Å². The van der Waals surface area contributed by atoms with Crippen molar-refractivity contribution < 1.29 is 4.57 Å². The van der Waals surface area contributed by atoms with Crippen molar-refractivity contribution >= 4 is 0 Å². The van der Waals surface area contributed by atoms with Crippen molar-refractivity contribution in [3.05, 3.63) is 65.0 Å². The summed E-state index contributed by atoms with van der Waals surface area (Å²) in [6.07, 6.45) is 2.14. The van der Waals surface area contributed by atoms with Gasteiger partial charge in [-0.2, -0.15) is 4.57 Å². The molecule has 1 heterocycles. The molecule has 0 bridgehead atoms. The fourth-order valence-corrected chi connectivity index (χ4v) is 1.89. The Labute approximate surface area is 97.4 Å². The Morgan fingerprint density at radius 1 is 1.00 bits per heavy atom. The molecule has 0 radical (unpaired) electrons. The smallest absolute Gasteiger partial charge is 0.178 e. The molecule has 1 heteroatoms. The van der Waals surface area contributed by atoms with Gasteiger partial charge in [-0.15, -0.1) is 0 Å². The molecule has 0 atom stereocenters. The van der Waals surface area contributed by atoms with E-state index in [0.717, 1.165) is 6.54 Å². The van der Waals surface area contributed by atoms with Crippen LogP contribution in [0.5, 0.6) is 0 Å². The summed E-state index contributed by atoms with van der Waals surface area (Å²) in [6, 6.07) is 12.9. The number of aromatic nitrogens is 1. The third kappa shape index (κ3) is 2.30. The molecular formula is C15H18N+. The van der Waals surface area contributed by atoms with Crippen LogP contribution in [0.3, 0.4) is 0 Å². The molecule has 0 saturated heterocycles. The molecule has 2 aromatic rings. The summed E-state index contributed by atoms with van der Waals surface area (Å²) in [6.45, 7) is 7.42. The fourth-order valence-electron chi connectivity index (χ4n) is 1.89. The van der Waals surface area contributed by atoms with Gasteiger partial charge < -0.3 is 0 Å². The number of aryl methyl sites for hydroxylation is 3. The van der Waals surface area contributed by atoms with Gasteiger partial charge in [0.2, 0.25) is 0 Å². The second kappa shape index (κ2) is 4.48. The third-order valence-corrected chi connectivity index (χ3v) is 3.01. The third-order valence-electron chi connectivity index (χ3n) is 3.01. The summed E-state index contributed by atoms with van der Waals surface area (Å²) in [5.74, 6) is 0. The Hall–Kier alpha value is -1.63. The Morgan fingerprint density at radius 2 is 1.81 bits per heavy atom. The Morgan fingerprint density at radius 3 is 2.56 bits per heavy atom. The monoisotopic (exact) mass is 212 g/mol. The van der Waals surface area contributed by atoms with Gasteiger partial charge in [0.1, 0.15) is 0 Å².